The summed E-state index contributed by atoms with van der Waals surface area (Å²) in [4.78, 5) is 39.1. The Kier molecular flexibility index (Phi) is 9.27. The fraction of sp³-hybridized carbons (Fsp3) is 0.483. The van der Waals surface area contributed by atoms with Gasteiger partial charge in [-0.3, -0.25) is 23.7 Å². The second kappa shape index (κ2) is 12.9. The Balaban J connectivity index is 1.33. The van der Waals surface area contributed by atoms with Gasteiger partial charge >= 0.3 is 19.4 Å². The van der Waals surface area contributed by atoms with Gasteiger partial charge in [0.15, 0.2) is 0 Å². The molecule has 0 spiro atoms. The number of aromatic amines is 1. The van der Waals surface area contributed by atoms with Crippen molar-refractivity contribution >= 4 is 24.5 Å². The summed E-state index contributed by atoms with van der Waals surface area (Å²) in [5, 5.41) is 4.16. The van der Waals surface area contributed by atoms with Crippen LogP contribution in [0.2, 0.25) is 0 Å². The van der Waals surface area contributed by atoms with Gasteiger partial charge in [-0.25, -0.2) is 13.8 Å². The van der Waals surface area contributed by atoms with Crippen LogP contribution in [0.15, 0.2) is 58.3 Å². The fourth-order valence-electron chi connectivity index (χ4n) is 5.22. The largest absolute Gasteiger partial charge is 0.461 e. The van der Waals surface area contributed by atoms with Crippen LogP contribution in [0.5, 0.6) is 5.75 Å². The molecular weight excluding hydrogens is 568 g/mol. The number of carbonyl (C=O) groups excluding carboxylic acids is 1. The van der Waals surface area contributed by atoms with Gasteiger partial charge in [0.05, 0.1) is 6.61 Å². The van der Waals surface area contributed by atoms with Crippen LogP contribution in [0, 0.1) is 6.92 Å². The minimum Gasteiger partial charge on any atom is -0.461 e. The molecule has 1 saturated carbocycles. The van der Waals surface area contributed by atoms with Crippen molar-refractivity contribution in [3.8, 4) is 5.75 Å². The number of hydrogen-bond acceptors (Lipinski definition) is 8. The number of alkyl halides is 1. The molecule has 2 aromatic carbocycles. The Labute approximate surface area is 241 Å². The quantitative estimate of drug-likeness (QED) is 0.250. The van der Waals surface area contributed by atoms with Gasteiger partial charge in [-0.2, -0.15) is 5.09 Å². The SMILES string of the molecule is Cc1cn([C@@H]2C[C@@H](F)[C@H](COP(=O)(N[C@@H](C)C(=O)OC3CCCCC3)Oc3cccc4ccccc34)O2)c(=O)[nH]c1=O. The first-order valence-corrected chi connectivity index (χ1v) is 15.7. The number of halogens is 1. The van der Waals surface area contributed by atoms with E-state index in [1.807, 2.05) is 18.2 Å². The van der Waals surface area contributed by atoms with Crippen LogP contribution in [0.1, 0.15) is 57.2 Å². The Bertz CT molecular complexity index is 1580. The molecule has 0 radical (unpaired) electrons. The van der Waals surface area contributed by atoms with Crippen molar-refractivity contribution < 1.29 is 32.3 Å². The highest BCUT2D eigenvalue weighted by molar-refractivity contribution is 7.52. The number of benzene rings is 2. The van der Waals surface area contributed by atoms with Crippen molar-refractivity contribution in [3.05, 3.63) is 75.1 Å². The summed E-state index contributed by atoms with van der Waals surface area (Å²) in [7, 11) is -4.32. The van der Waals surface area contributed by atoms with Crippen molar-refractivity contribution in [3.63, 3.8) is 0 Å². The van der Waals surface area contributed by atoms with Crippen LogP contribution in [-0.2, 0) is 23.4 Å². The molecule has 226 valence electrons. The molecule has 5 atom stereocenters. The number of carbonyl (C=O) groups is 1. The van der Waals surface area contributed by atoms with Crippen LogP contribution < -0.4 is 20.9 Å². The van der Waals surface area contributed by atoms with Gasteiger partial charge in [0.1, 0.15) is 36.4 Å². The summed E-state index contributed by atoms with van der Waals surface area (Å²) in [6, 6.07) is 11.5. The van der Waals surface area contributed by atoms with E-state index < -0.39 is 56.1 Å². The van der Waals surface area contributed by atoms with E-state index in [1.54, 1.807) is 24.3 Å². The molecule has 0 bridgehead atoms. The number of aryl methyl sites for hydroxylation is 1. The zero-order valence-electron chi connectivity index (χ0n) is 23.5. The lowest BCUT2D eigenvalue weighted by molar-refractivity contribution is -0.152. The number of nitrogens with zero attached hydrogens (tertiary/aromatic N) is 1. The first-order valence-electron chi connectivity index (χ1n) is 14.1. The highest BCUT2D eigenvalue weighted by Gasteiger charge is 2.41. The van der Waals surface area contributed by atoms with Gasteiger partial charge < -0.3 is 14.0 Å². The molecule has 11 nitrogen and oxygen atoms in total. The molecule has 42 heavy (non-hydrogen) atoms. The second-order valence-electron chi connectivity index (χ2n) is 10.8. The zero-order valence-corrected chi connectivity index (χ0v) is 24.4. The normalized spacial score (nSPS) is 23.4. The number of aromatic nitrogens is 2. The van der Waals surface area contributed by atoms with Crippen LogP contribution in [0.25, 0.3) is 10.8 Å². The number of esters is 1. The molecule has 2 heterocycles. The third-order valence-corrected chi connectivity index (χ3v) is 9.17. The molecule has 0 amide bonds. The third-order valence-electron chi connectivity index (χ3n) is 7.54. The predicted molar refractivity (Wildman–Crippen MR) is 153 cm³/mol. The van der Waals surface area contributed by atoms with E-state index in [0.717, 1.165) is 42.1 Å². The number of rotatable bonds is 10. The topological polar surface area (TPSA) is 138 Å². The summed E-state index contributed by atoms with van der Waals surface area (Å²) in [5.41, 5.74) is -1.01. The van der Waals surface area contributed by atoms with E-state index in [4.69, 9.17) is 18.5 Å². The van der Waals surface area contributed by atoms with Crippen LogP contribution in [0.3, 0.4) is 0 Å². The maximum absolute atomic E-state index is 15.1. The second-order valence-corrected chi connectivity index (χ2v) is 12.5. The number of H-pyrrole nitrogens is 1. The van der Waals surface area contributed by atoms with E-state index >= 15 is 4.39 Å². The van der Waals surface area contributed by atoms with E-state index in [1.165, 1.54) is 20.0 Å². The highest BCUT2D eigenvalue weighted by atomic mass is 31.2. The summed E-state index contributed by atoms with van der Waals surface area (Å²) in [6.07, 6.45) is 1.72. The Morgan fingerprint density at radius 1 is 1.17 bits per heavy atom. The van der Waals surface area contributed by atoms with Crippen LogP contribution >= 0.6 is 7.75 Å². The monoisotopic (exact) mass is 603 g/mol. The Morgan fingerprint density at radius 3 is 2.69 bits per heavy atom. The lowest BCUT2D eigenvalue weighted by Gasteiger charge is -2.27. The molecule has 1 saturated heterocycles. The predicted octanol–water partition coefficient (Wildman–Crippen LogP) is 4.68. The van der Waals surface area contributed by atoms with Gasteiger partial charge in [-0.05, 0) is 51.0 Å². The van der Waals surface area contributed by atoms with E-state index in [0.29, 0.717) is 5.39 Å². The molecule has 3 aromatic rings. The minimum atomic E-state index is -4.32. The average Bonchev–Trinajstić information content (AvgIpc) is 3.34. The maximum Gasteiger partial charge on any atom is 0.459 e. The summed E-state index contributed by atoms with van der Waals surface area (Å²) in [5.74, 6) is -0.352. The molecule has 1 aliphatic heterocycles. The van der Waals surface area contributed by atoms with Crippen molar-refractivity contribution in [2.24, 2.45) is 0 Å². The summed E-state index contributed by atoms with van der Waals surface area (Å²) in [6.45, 7) is 2.51. The van der Waals surface area contributed by atoms with Gasteiger partial charge in [0.2, 0.25) is 0 Å². The smallest absolute Gasteiger partial charge is 0.459 e. The first-order chi connectivity index (χ1) is 20.1. The molecule has 5 rings (SSSR count). The lowest BCUT2D eigenvalue weighted by atomic mass is 9.98. The molecule has 13 heteroatoms. The fourth-order valence-corrected chi connectivity index (χ4v) is 6.74. The molecule has 2 aliphatic rings. The van der Waals surface area contributed by atoms with Crippen molar-refractivity contribution in [1.82, 2.24) is 14.6 Å². The first kappa shape index (κ1) is 30.2. The standard InChI is InChI=1S/C29H35FN3O8P/c1-18-16-33(29(36)31-27(18)34)26-15-23(30)25(40-26)17-38-42(37,32-19(2)28(35)39-21-11-4-3-5-12-21)41-24-14-8-10-20-9-6-7-13-22(20)24/h6-10,13-14,16,19,21,23,25-26H,3-5,11-12,15,17H2,1-2H3,(H,32,37)(H,31,34,36)/t19-,23+,25-,26-,42?/m0/s1. The number of ether oxygens (including phenoxy) is 2. The van der Waals surface area contributed by atoms with Gasteiger partial charge in [0.25, 0.3) is 5.56 Å². The van der Waals surface area contributed by atoms with E-state index in [2.05, 4.69) is 10.1 Å². The van der Waals surface area contributed by atoms with E-state index in [-0.39, 0.29) is 23.8 Å². The van der Waals surface area contributed by atoms with Gasteiger partial charge in [0, 0.05) is 23.6 Å². The molecule has 2 N–H and O–H groups in total. The summed E-state index contributed by atoms with van der Waals surface area (Å²) < 4.78 is 53.3. The molecule has 1 unspecified atom stereocenters. The number of fused-ring (bicyclic) bond motifs is 1. The molecule has 1 aliphatic carbocycles. The maximum atomic E-state index is 15.1. The van der Waals surface area contributed by atoms with Gasteiger partial charge in [-0.15, -0.1) is 0 Å². The van der Waals surface area contributed by atoms with Crippen LogP contribution in [-0.4, -0.2) is 46.5 Å². The minimum absolute atomic E-state index is 0.189. The zero-order chi connectivity index (χ0) is 29.9. The molecular formula is C29H35FN3O8P. The molecule has 1 aromatic heterocycles. The number of hydrogen-bond donors (Lipinski definition) is 2. The lowest BCUT2D eigenvalue weighted by Crippen LogP contribution is -2.38. The van der Waals surface area contributed by atoms with E-state index in [9.17, 15) is 18.9 Å². The summed E-state index contributed by atoms with van der Waals surface area (Å²) >= 11 is 0. The highest BCUT2D eigenvalue weighted by Crippen LogP contribution is 2.47. The van der Waals surface area contributed by atoms with Crippen molar-refractivity contribution in [1.29, 1.82) is 0 Å². The average molecular weight is 604 g/mol. The molecule has 2 fully saturated rings. The number of nitrogens with one attached hydrogen (secondary N) is 2. The Morgan fingerprint density at radius 2 is 1.90 bits per heavy atom. The van der Waals surface area contributed by atoms with Crippen molar-refractivity contribution in [2.45, 2.75) is 83.0 Å². The van der Waals surface area contributed by atoms with Crippen LogP contribution in [0.4, 0.5) is 4.39 Å². The van der Waals surface area contributed by atoms with Gasteiger partial charge in [-0.1, -0.05) is 42.8 Å². The Hall–Kier alpha value is -3.31. The third kappa shape index (κ3) is 7.00. The van der Waals surface area contributed by atoms with Crippen molar-refractivity contribution in [2.75, 3.05) is 6.61 Å².